The Kier molecular flexibility index (Phi) is 14.5. The highest BCUT2D eigenvalue weighted by molar-refractivity contribution is 6.25. The standard InChI is InChI=1S/C45H51N11O10/c1-54(43(60)28-20-31(21-28)52-41(58)33-26-48-37(22-35(33)51-30-5-6-30)56-40-29(25-50-56)19-27(23-46)24-49-40)10-12-64-14-16-66-18-17-65-15-13-63-11-9-47-34-4-2-3-32-39(34)45(62)55(44(32)61)36-7-8-38(57)53-42(36)59/h2-4,19,22,24-26,28,30-31,36,47H,5-18,20-21H2,1H3,(H,48,51)(H,52,58)(H,53,57,59). The first kappa shape index (κ1) is 45.7. The van der Waals surface area contributed by atoms with E-state index in [1.807, 2.05) is 0 Å². The number of benzene rings is 1. The molecule has 0 spiro atoms. The Balaban J connectivity index is 0.647. The number of pyridine rings is 2. The van der Waals surface area contributed by atoms with Gasteiger partial charge in [-0.2, -0.15) is 15.0 Å². The maximum atomic E-state index is 13.4. The Bertz CT molecular complexity index is 2530. The molecule has 1 saturated heterocycles. The maximum absolute atomic E-state index is 13.4. The normalized spacial score (nSPS) is 19.0. The molecule has 2 saturated carbocycles. The zero-order valence-electron chi connectivity index (χ0n) is 36.5. The van der Waals surface area contributed by atoms with Gasteiger partial charge in [-0.3, -0.25) is 39.0 Å². The van der Waals surface area contributed by atoms with Gasteiger partial charge >= 0.3 is 0 Å². The van der Waals surface area contributed by atoms with Gasteiger partial charge in [-0.15, -0.1) is 0 Å². The van der Waals surface area contributed by atoms with Crippen molar-refractivity contribution in [3.63, 3.8) is 0 Å². The Morgan fingerprint density at radius 3 is 2.30 bits per heavy atom. The number of ether oxygens (including phenoxy) is 4. The van der Waals surface area contributed by atoms with Gasteiger partial charge in [0, 0.05) is 74.1 Å². The fourth-order valence-corrected chi connectivity index (χ4v) is 7.96. The number of hydrogen-bond donors (Lipinski definition) is 4. The predicted octanol–water partition coefficient (Wildman–Crippen LogP) is 1.81. The van der Waals surface area contributed by atoms with Crippen LogP contribution in [0.2, 0.25) is 0 Å². The summed E-state index contributed by atoms with van der Waals surface area (Å²) in [6.07, 6.45) is 7.88. The lowest BCUT2D eigenvalue weighted by Gasteiger charge is -2.37. The molecule has 3 fully saturated rings. The highest BCUT2D eigenvalue weighted by Crippen LogP contribution is 2.33. The summed E-state index contributed by atoms with van der Waals surface area (Å²) in [6, 6.07) is 9.57. The fourth-order valence-electron chi connectivity index (χ4n) is 7.96. The third-order valence-electron chi connectivity index (χ3n) is 11.7. The van der Waals surface area contributed by atoms with E-state index < -0.39 is 29.7 Å². The number of nitriles is 1. The minimum absolute atomic E-state index is 0.00965. The third-order valence-corrected chi connectivity index (χ3v) is 11.7. The summed E-state index contributed by atoms with van der Waals surface area (Å²) in [5.41, 5.74) is 2.90. The Hall–Kier alpha value is -6.86. The predicted molar refractivity (Wildman–Crippen MR) is 235 cm³/mol. The smallest absolute Gasteiger partial charge is 0.264 e. The van der Waals surface area contributed by atoms with Crippen LogP contribution in [0.25, 0.3) is 16.9 Å². The summed E-state index contributed by atoms with van der Waals surface area (Å²) < 4.78 is 24.0. The molecule has 0 radical (unpaired) electrons. The van der Waals surface area contributed by atoms with Crippen LogP contribution in [0.3, 0.4) is 0 Å². The second kappa shape index (κ2) is 21.0. The zero-order chi connectivity index (χ0) is 46.2. The molecule has 346 valence electrons. The van der Waals surface area contributed by atoms with Crippen LogP contribution in [-0.4, -0.2) is 156 Å². The number of likely N-dealkylation sites (N-methyl/N-ethyl adjacent to an activating group) is 1. The number of amides is 6. The van der Waals surface area contributed by atoms with Gasteiger partial charge < -0.3 is 39.8 Å². The first-order chi connectivity index (χ1) is 32.1. The van der Waals surface area contributed by atoms with E-state index in [1.54, 1.807) is 53.2 Å². The number of carbonyl (C=O) groups is 6. The largest absolute Gasteiger partial charge is 0.382 e. The van der Waals surface area contributed by atoms with Gasteiger partial charge in [-0.25, -0.2) is 9.97 Å². The van der Waals surface area contributed by atoms with Crippen molar-refractivity contribution in [1.82, 2.24) is 40.2 Å². The molecule has 2 aliphatic carbocycles. The molecule has 21 nitrogen and oxygen atoms in total. The van der Waals surface area contributed by atoms with Gasteiger partial charge in [-0.1, -0.05) is 6.07 Å². The maximum Gasteiger partial charge on any atom is 0.264 e. The molecule has 8 rings (SSSR count). The molecule has 3 aromatic heterocycles. The molecular weight excluding hydrogens is 855 g/mol. The lowest BCUT2D eigenvalue weighted by Crippen LogP contribution is -2.54. The summed E-state index contributed by atoms with van der Waals surface area (Å²) in [5, 5.41) is 26.2. The van der Waals surface area contributed by atoms with E-state index in [0.717, 1.165) is 17.7 Å². The number of hydrogen-bond acceptors (Lipinski definition) is 16. The van der Waals surface area contributed by atoms with E-state index in [4.69, 9.17) is 18.9 Å². The zero-order valence-corrected chi connectivity index (χ0v) is 36.5. The molecule has 5 heterocycles. The van der Waals surface area contributed by atoms with Crippen molar-refractivity contribution >= 4 is 57.9 Å². The summed E-state index contributed by atoms with van der Waals surface area (Å²) in [6.45, 7) is 3.61. The quantitative estimate of drug-likeness (QED) is 0.0611. The van der Waals surface area contributed by atoms with Gasteiger partial charge in [0.1, 0.15) is 12.1 Å². The molecule has 66 heavy (non-hydrogen) atoms. The first-order valence-corrected chi connectivity index (χ1v) is 22.1. The van der Waals surface area contributed by atoms with Crippen molar-refractivity contribution in [2.45, 2.75) is 56.7 Å². The molecule has 4 aliphatic rings. The van der Waals surface area contributed by atoms with Crippen LogP contribution in [0.4, 0.5) is 11.4 Å². The minimum atomic E-state index is -1.03. The monoisotopic (exact) mass is 905 g/mol. The molecule has 4 aromatic rings. The minimum Gasteiger partial charge on any atom is -0.382 e. The van der Waals surface area contributed by atoms with Crippen molar-refractivity contribution in [2.75, 3.05) is 83.6 Å². The number of aromatic nitrogens is 4. The summed E-state index contributed by atoms with van der Waals surface area (Å²) in [7, 11) is 1.75. The van der Waals surface area contributed by atoms with Gasteiger partial charge in [0.25, 0.3) is 17.7 Å². The van der Waals surface area contributed by atoms with E-state index in [9.17, 15) is 34.0 Å². The third kappa shape index (κ3) is 10.6. The van der Waals surface area contributed by atoms with Crippen LogP contribution in [0.5, 0.6) is 0 Å². The molecule has 0 bridgehead atoms. The summed E-state index contributed by atoms with van der Waals surface area (Å²) in [4.78, 5) is 88.1. The number of piperidine rings is 1. The van der Waals surface area contributed by atoms with E-state index in [1.165, 1.54) is 12.4 Å². The molecular formula is C45H51N11O10. The number of nitrogens with one attached hydrogen (secondary N) is 4. The van der Waals surface area contributed by atoms with Crippen molar-refractivity contribution in [1.29, 1.82) is 5.26 Å². The number of fused-ring (bicyclic) bond motifs is 2. The van der Waals surface area contributed by atoms with E-state index in [0.29, 0.717) is 118 Å². The summed E-state index contributed by atoms with van der Waals surface area (Å²) in [5.74, 6) is -2.17. The number of imide groups is 2. The van der Waals surface area contributed by atoms with Crippen molar-refractivity contribution < 1.29 is 47.7 Å². The number of nitrogens with zero attached hydrogens (tertiary/aromatic N) is 7. The van der Waals surface area contributed by atoms with Crippen molar-refractivity contribution in [3.05, 3.63) is 71.2 Å². The molecule has 1 atom stereocenters. The Labute approximate surface area is 379 Å². The lowest BCUT2D eigenvalue weighted by molar-refractivity contribution is -0.138. The van der Waals surface area contributed by atoms with Crippen LogP contribution in [-0.2, 0) is 33.3 Å². The fraction of sp³-hybridized carbons (Fsp3) is 0.467. The molecule has 1 aromatic carbocycles. The highest BCUT2D eigenvalue weighted by Gasteiger charge is 2.45. The molecule has 21 heteroatoms. The number of carbonyl (C=O) groups excluding carboxylic acids is 6. The van der Waals surface area contributed by atoms with Crippen molar-refractivity contribution in [3.8, 4) is 11.9 Å². The van der Waals surface area contributed by atoms with Crippen LogP contribution < -0.4 is 21.3 Å². The topological polar surface area (TPSA) is 261 Å². The average Bonchev–Trinajstić information content (AvgIpc) is 3.96. The molecule has 2 aliphatic heterocycles. The number of rotatable bonds is 23. The van der Waals surface area contributed by atoms with Crippen LogP contribution in [0, 0.1) is 17.2 Å². The van der Waals surface area contributed by atoms with Crippen LogP contribution in [0.15, 0.2) is 48.9 Å². The van der Waals surface area contributed by atoms with Gasteiger partial charge in [0.15, 0.2) is 11.5 Å². The Morgan fingerprint density at radius 2 is 1.59 bits per heavy atom. The lowest BCUT2D eigenvalue weighted by atomic mass is 9.79. The molecule has 1 unspecified atom stereocenters. The van der Waals surface area contributed by atoms with Gasteiger partial charge in [0.2, 0.25) is 17.7 Å². The van der Waals surface area contributed by atoms with Crippen LogP contribution in [0.1, 0.15) is 75.2 Å². The summed E-state index contributed by atoms with van der Waals surface area (Å²) >= 11 is 0. The van der Waals surface area contributed by atoms with E-state index in [2.05, 4.69) is 42.4 Å². The van der Waals surface area contributed by atoms with Gasteiger partial charge in [0.05, 0.1) is 87.0 Å². The Morgan fingerprint density at radius 1 is 0.864 bits per heavy atom. The molecule has 6 amide bonds. The second-order valence-electron chi connectivity index (χ2n) is 16.5. The second-order valence-corrected chi connectivity index (χ2v) is 16.5. The van der Waals surface area contributed by atoms with Gasteiger partial charge in [-0.05, 0) is 50.3 Å². The average molecular weight is 906 g/mol. The number of anilines is 2. The molecule has 4 N–H and O–H groups in total. The highest BCUT2D eigenvalue weighted by atomic mass is 16.6. The van der Waals surface area contributed by atoms with E-state index in [-0.39, 0.29) is 53.8 Å². The van der Waals surface area contributed by atoms with Crippen molar-refractivity contribution in [2.24, 2.45) is 5.92 Å². The van der Waals surface area contributed by atoms with E-state index >= 15 is 0 Å². The van der Waals surface area contributed by atoms with Crippen LogP contribution >= 0.6 is 0 Å². The SMILES string of the molecule is CN(CCOCCOCCOCCOCCNc1cccc2c1C(=O)N(C1CCC(=O)NC1=O)C2=O)C(=O)C1CC(NC(=O)c2cnc(-n3ncc4cc(C#N)cnc43)cc2NC2CC2)C1. The first-order valence-electron chi connectivity index (χ1n) is 22.1.